The number of anilines is 1. The lowest BCUT2D eigenvalue weighted by Gasteiger charge is -2.25. The zero-order chi connectivity index (χ0) is 16.4. The Morgan fingerprint density at radius 3 is 2.74 bits per heavy atom. The van der Waals surface area contributed by atoms with Crippen LogP contribution in [-0.4, -0.2) is 11.0 Å². The third-order valence-corrected chi connectivity index (χ3v) is 4.92. The first-order valence-electron chi connectivity index (χ1n) is 7.58. The first-order chi connectivity index (χ1) is 11.1. The average Bonchev–Trinajstić information content (AvgIpc) is 2.54. The smallest absolute Gasteiger partial charge is 0.293 e. The Bertz CT molecular complexity index is 734. The lowest BCUT2D eigenvalue weighted by Crippen LogP contribution is -2.29. The fourth-order valence-corrected chi connectivity index (χ4v) is 3.70. The highest BCUT2D eigenvalue weighted by Gasteiger charge is 2.27. The molecule has 0 amide bonds. The molecule has 1 aliphatic carbocycles. The molecule has 0 radical (unpaired) electrons. The van der Waals surface area contributed by atoms with E-state index in [1.54, 1.807) is 6.07 Å². The van der Waals surface area contributed by atoms with Gasteiger partial charge in [0.2, 0.25) is 0 Å². The summed E-state index contributed by atoms with van der Waals surface area (Å²) < 4.78 is 0.802. The lowest BCUT2D eigenvalue weighted by atomic mass is 9.87. The van der Waals surface area contributed by atoms with E-state index in [0.29, 0.717) is 18.7 Å². The zero-order valence-corrected chi connectivity index (χ0v) is 14.2. The third-order valence-electron chi connectivity index (χ3n) is 4.21. The molecular weight excluding hydrogens is 358 g/mol. The van der Waals surface area contributed by atoms with Crippen LogP contribution in [0.2, 0.25) is 0 Å². The molecule has 0 heterocycles. The maximum Gasteiger partial charge on any atom is 0.293 e. The van der Waals surface area contributed by atoms with Crippen molar-refractivity contribution in [1.29, 1.82) is 0 Å². The van der Waals surface area contributed by atoms with Crippen molar-refractivity contribution in [3.8, 4) is 0 Å². The topological polar surface area (TPSA) is 81.2 Å². The number of nitro groups is 1. The largest absolute Gasteiger partial charge is 0.375 e. The van der Waals surface area contributed by atoms with Gasteiger partial charge in [-0.1, -0.05) is 46.3 Å². The quantitative estimate of drug-likeness (QED) is 0.629. The fraction of sp³-hybridized carbons (Fsp3) is 0.294. The van der Waals surface area contributed by atoms with Crippen molar-refractivity contribution in [2.24, 2.45) is 5.73 Å². The molecule has 6 heteroatoms. The summed E-state index contributed by atoms with van der Waals surface area (Å²) in [6.07, 6.45) is 2.41. The molecule has 1 atom stereocenters. The Balaban J connectivity index is 2.00. The third kappa shape index (κ3) is 3.38. The molecular formula is C17H18BrN3O2. The predicted molar refractivity (Wildman–Crippen MR) is 94.6 cm³/mol. The zero-order valence-electron chi connectivity index (χ0n) is 12.6. The summed E-state index contributed by atoms with van der Waals surface area (Å²) in [4.78, 5) is 11.1. The van der Waals surface area contributed by atoms with Crippen LogP contribution in [0.25, 0.3) is 0 Å². The van der Waals surface area contributed by atoms with Crippen molar-refractivity contribution in [2.75, 3.05) is 5.32 Å². The second-order valence-electron chi connectivity index (χ2n) is 5.81. The van der Waals surface area contributed by atoms with Crippen molar-refractivity contribution in [3.63, 3.8) is 0 Å². The molecule has 3 N–H and O–H groups in total. The molecule has 0 saturated heterocycles. The Morgan fingerprint density at radius 1 is 1.30 bits per heavy atom. The number of nitro benzene ring substituents is 1. The summed E-state index contributed by atoms with van der Waals surface area (Å²) in [5.74, 6) is 0. The SMILES string of the molecule is NC1CCc2c(Br)cc([N+](=O)[O-])c(NCc3ccccc3)c2C1. The molecule has 0 spiro atoms. The van der Waals surface area contributed by atoms with Gasteiger partial charge in [-0.25, -0.2) is 0 Å². The number of hydrogen-bond donors (Lipinski definition) is 2. The lowest BCUT2D eigenvalue weighted by molar-refractivity contribution is -0.384. The molecule has 5 nitrogen and oxygen atoms in total. The van der Waals surface area contributed by atoms with Gasteiger partial charge in [0.1, 0.15) is 5.69 Å². The first kappa shape index (κ1) is 16.0. The summed E-state index contributed by atoms with van der Waals surface area (Å²) >= 11 is 3.48. The first-order valence-corrected chi connectivity index (χ1v) is 8.37. The van der Waals surface area contributed by atoms with Gasteiger partial charge in [0, 0.05) is 23.1 Å². The molecule has 120 valence electrons. The van der Waals surface area contributed by atoms with E-state index in [1.165, 1.54) is 0 Å². The van der Waals surface area contributed by atoms with Crippen molar-refractivity contribution in [1.82, 2.24) is 0 Å². The predicted octanol–water partition coefficient (Wildman–Crippen LogP) is 3.79. The summed E-state index contributed by atoms with van der Waals surface area (Å²) in [6.45, 7) is 0.547. The summed E-state index contributed by atoms with van der Waals surface area (Å²) in [6, 6.07) is 11.5. The van der Waals surface area contributed by atoms with Gasteiger partial charge < -0.3 is 11.1 Å². The van der Waals surface area contributed by atoms with E-state index in [-0.39, 0.29) is 16.7 Å². The van der Waals surface area contributed by atoms with E-state index < -0.39 is 0 Å². The molecule has 0 saturated carbocycles. The second kappa shape index (κ2) is 6.68. The molecule has 0 aliphatic heterocycles. The van der Waals surface area contributed by atoms with Crippen molar-refractivity contribution in [2.45, 2.75) is 31.8 Å². The number of halogens is 1. The van der Waals surface area contributed by atoms with Gasteiger partial charge in [-0.3, -0.25) is 10.1 Å². The molecule has 0 fully saturated rings. The van der Waals surface area contributed by atoms with Crippen LogP contribution in [-0.2, 0) is 19.4 Å². The Kier molecular flexibility index (Phi) is 4.63. The van der Waals surface area contributed by atoms with Crippen LogP contribution >= 0.6 is 15.9 Å². The standard InChI is InChI=1S/C17H18BrN3O2/c18-15-9-16(21(22)23)17(14-8-12(19)6-7-13(14)15)20-10-11-4-2-1-3-5-11/h1-5,9,12,20H,6-8,10,19H2. The summed E-state index contributed by atoms with van der Waals surface area (Å²) in [7, 11) is 0. The Labute approximate surface area is 143 Å². The van der Waals surface area contributed by atoms with Gasteiger partial charge in [0.25, 0.3) is 5.69 Å². The maximum atomic E-state index is 11.5. The highest BCUT2D eigenvalue weighted by Crippen LogP contribution is 2.40. The molecule has 0 bridgehead atoms. The Hall–Kier alpha value is -1.92. The normalized spacial score (nSPS) is 16.7. The van der Waals surface area contributed by atoms with Crippen LogP contribution in [0, 0.1) is 10.1 Å². The molecule has 1 aliphatic rings. The fourth-order valence-electron chi connectivity index (χ4n) is 3.05. The van der Waals surface area contributed by atoms with Gasteiger partial charge in [-0.05, 0) is 36.0 Å². The van der Waals surface area contributed by atoms with E-state index in [0.717, 1.165) is 34.0 Å². The molecule has 1 unspecified atom stereocenters. The van der Waals surface area contributed by atoms with E-state index >= 15 is 0 Å². The summed E-state index contributed by atoms with van der Waals surface area (Å²) in [5, 5.41) is 14.7. The van der Waals surface area contributed by atoms with Crippen molar-refractivity contribution >= 4 is 27.3 Å². The highest BCUT2D eigenvalue weighted by atomic mass is 79.9. The Morgan fingerprint density at radius 2 is 2.04 bits per heavy atom. The number of nitrogens with zero attached hydrogens (tertiary/aromatic N) is 1. The number of benzene rings is 2. The van der Waals surface area contributed by atoms with Crippen LogP contribution in [0.4, 0.5) is 11.4 Å². The number of rotatable bonds is 4. The van der Waals surface area contributed by atoms with Gasteiger partial charge in [0.05, 0.1) is 4.92 Å². The van der Waals surface area contributed by atoms with E-state index in [2.05, 4.69) is 21.2 Å². The van der Waals surface area contributed by atoms with Crippen LogP contribution in [0.5, 0.6) is 0 Å². The number of fused-ring (bicyclic) bond motifs is 1. The van der Waals surface area contributed by atoms with Crippen LogP contribution in [0.1, 0.15) is 23.1 Å². The van der Waals surface area contributed by atoms with Gasteiger partial charge >= 0.3 is 0 Å². The minimum absolute atomic E-state index is 0.0497. The summed E-state index contributed by atoms with van der Waals surface area (Å²) in [5.41, 5.74) is 9.98. The minimum Gasteiger partial charge on any atom is -0.375 e. The molecule has 2 aromatic rings. The van der Waals surface area contributed by atoms with Crippen LogP contribution in [0.15, 0.2) is 40.9 Å². The van der Waals surface area contributed by atoms with Crippen LogP contribution < -0.4 is 11.1 Å². The van der Waals surface area contributed by atoms with E-state index in [1.807, 2.05) is 30.3 Å². The minimum atomic E-state index is -0.335. The average molecular weight is 376 g/mol. The monoisotopic (exact) mass is 375 g/mol. The van der Waals surface area contributed by atoms with Crippen LogP contribution in [0.3, 0.4) is 0 Å². The number of nitrogens with one attached hydrogen (secondary N) is 1. The van der Waals surface area contributed by atoms with Gasteiger partial charge in [-0.15, -0.1) is 0 Å². The second-order valence-corrected chi connectivity index (χ2v) is 6.66. The molecule has 23 heavy (non-hydrogen) atoms. The van der Waals surface area contributed by atoms with Gasteiger partial charge in [-0.2, -0.15) is 0 Å². The van der Waals surface area contributed by atoms with E-state index in [9.17, 15) is 10.1 Å². The highest BCUT2D eigenvalue weighted by molar-refractivity contribution is 9.10. The van der Waals surface area contributed by atoms with Crippen molar-refractivity contribution < 1.29 is 4.92 Å². The molecule has 2 aromatic carbocycles. The number of nitrogens with two attached hydrogens (primary N) is 1. The molecule has 3 rings (SSSR count). The number of hydrogen-bond acceptors (Lipinski definition) is 4. The van der Waals surface area contributed by atoms with E-state index in [4.69, 9.17) is 5.73 Å². The maximum absolute atomic E-state index is 11.5. The van der Waals surface area contributed by atoms with Gasteiger partial charge in [0.15, 0.2) is 0 Å². The molecule has 0 aromatic heterocycles. The van der Waals surface area contributed by atoms with Crippen molar-refractivity contribution in [3.05, 3.63) is 67.7 Å².